The minimum Gasteiger partial charge on any atom is -0.481 e. The monoisotopic (exact) mass is 595 g/mol. The van der Waals surface area contributed by atoms with Crippen LogP contribution in [0.1, 0.15) is 100 Å². The van der Waals surface area contributed by atoms with Crippen molar-refractivity contribution in [3.05, 3.63) is 40.6 Å². The summed E-state index contributed by atoms with van der Waals surface area (Å²) in [5.41, 5.74) is -0.512. The third-order valence-corrected chi connectivity index (χ3v) is 9.21. The van der Waals surface area contributed by atoms with Crippen LogP contribution in [0.3, 0.4) is 0 Å². The Balaban J connectivity index is 2.08. The predicted molar refractivity (Wildman–Crippen MR) is 158 cm³/mol. The summed E-state index contributed by atoms with van der Waals surface area (Å²) in [5, 5.41) is 12.2. The lowest BCUT2D eigenvalue weighted by atomic mass is 9.89. The van der Waals surface area contributed by atoms with Gasteiger partial charge in [-0.05, 0) is 103 Å². The van der Waals surface area contributed by atoms with Gasteiger partial charge in [0.25, 0.3) is 5.91 Å². The molecular formula is C31H44F3N3O3S. The number of hydrogen-bond donors (Lipinski definition) is 3. The maximum Gasteiger partial charge on any atom is 0.417 e. The van der Waals surface area contributed by atoms with E-state index < -0.39 is 29.0 Å². The normalized spacial score (nSPS) is 15.3. The van der Waals surface area contributed by atoms with Crippen LogP contribution in [0.15, 0.2) is 23.1 Å². The van der Waals surface area contributed by atoms with Crippen LogP contribution in [0.4, 0.5) is 13.2 Å². The van der Waals surface area contributed by atoms with Gasteiger partial charge in [0, 0.05) is 40.5 Å². The summed E-state index contributed by atoms with van der Waals surface area (Å²) in [5.74, 6) is -1.06. The van der Waals surface area contributed by atoms with Crippen LogP contribution in [0, 0.1) is 25.2 Å². The van der Waals surface area contributed by atoms with Crippen molar-refractivity contribution in [3.63, 3.8) is 0 Å². The Labute approximate surface area is 246 Å². The molecule has 1 heterocycles. The average Bonchev–Trinajstić information content (AvgIpc) is 3.18. The van der Waals surface area contributed by atoms with E-state index in [1.54, 1.807) is 32.9 Å². The number of benzene rings is 1. The van der Waals surface area contributed by atoms with Crippen molar-refractivity contribution in [2.24, 2.45) is 11.3 Å². The van der Waals surface area contributed by atoms with E-state index in [2.05, 4.69) is 10.0 Å². The molecule has 0 saturated heterocycles. The SMILES string of the molecule is Cc1c(SNC(C)(C)C)ccc(-c2cc(C(=O)NCCC(C)(C)C(=O)O)c(C)n2CC2CCCCC2)c1C(F)(F)F. The number of halogens is 3. The fourth-order valence-electron chi connectivity index (χ4n) is 5.24. The van der Waals surface area contributed by atoms with Crippen molar-refractivity contribution >= 4 is 23.8 Å². The first-order valence-corrected chi connectivity index (χ1v) is 15.1. The van der Waals surface area contributed by atoms with Gasteiger partial charge in [0.05, 0.1) is 16.5 Å². The second-order valence-corrected chi connectivity index (χ2v) is 13.7. The third-order valence-electron chi connectivity index (χ3n) is 7.83. The smallest absolute Gasteiger partial charge is 0.417 e. The molecule has 1 aliphatic carbocycles. The summed E-state index contributed by atoms with van der Waals surface area (Å²) >= 11 is 1.18. The first kappa shape index (κ1) is 33.0. The predicted octanol–water partition coefficient (Wildman–Crippen LogP) is 8.00. The van der Waals surface area contributed by atoms with Gasteiger partial charge >= 0.3 is 12.1 Å². The van der Waals surface area contributed by atoms with Crippen molar-refractivity contribution in [2.75, 3.05) is 6.54 Å². The number of aromatic nitrogens is 1. The Kier molecular flexibility index (Phi) is 10.3. The molecule has 0 unspecified atom stereocenters. The molecule has 0 spiro atoms. The topological polar surface area (TPSA) is 83.4 Å². The number of nitrogens with one attached hydrogen (secondary N) is 2. The van der Waals surface area contributed by atoms with Crippen LogP contribution >= 0.6 is 11.9 Å². The Bertz CT molecular complexity index is 1260. The number of amides is 1. The molecule has 228 valence electrons. The third kappa shape index (κ3) is 8.31. The Hall–Kier alpha value is -2.46. The van der Waals surface area contributed by atoms with Gasteiger partial charge in [-0.1, -0.05) is 25.3 Å². The van der Waals surface area contributed by atoms with Gasteiger partial charge < -0.3 is 15.0 Å². The molecule has 0 bridgehead atoms. The van der Waals surface area contributed by atoms with E-state index in [9.17, 15) is 27.9 Å². The van der Waals surface area contributed by atoms with E-state index in [0.717, 1.165) is 32.1 Å². The van der Waals surface area contributed by atoms with Crippen molar-refractivity contribution in [1.29, 1.82) is 0 Å². The van der Waals surface area contributed by atoms with Gasteiger partial charge in [-0.2, -0.15) is 13.2 Å². The quantitative estimate of drug-likeness (QED) is 0.243. The summed E-state index contributed by atoms with van der Waals surface area (Å²) in [6, 6.07) is 4.80. The zero-order valence-corrected chi connectivity index (χ0v) is 26.0. The first-order chi connectivity index (χ1) is 18.9. The zero-order valence-electron chi connectivity index (χ0n) is 25.2. The second-order valence-electron chi connectivity index (χ2n) is 12.9. The number of alkyl halides is 3. The van der Waals surface area contributed by atoms with Crippen LogP contribution in [0.2, 0.25) is 0 Å². The Morgan fingerprint density at radius 3 is 2.24 bits per heavy atom. The van der Waals surface area contributed by atoms with Crippen LogP contribution in [0.5, 0.6) is 0 Å². The van der Waals surface area contributed by atoms with Crippen LogP contribution in [0.25, 0.3) is 11.3 Å². The molecule has 6 nitrogen and oxygen atoms in total. The van der Waals surface area contributed by atoms with Gasteiger partial charge in [0.1, 0.15) is 0 Å². The standard InChI is InChI=1S/C31H44F3N3O3S/c1-19-25(41-36-29(3,4)5)14-13-22(26(19)31(32,33)34)24-17-23(27(38)35-16-15-30(6,7)28(39)40)20(2)37(24)18-21-11-9-8-10-12-21/h13-14,17,21,36H,8-12,15-16,18H2,1-7H3,(H,35,38)(H,39,40). The van der Waals surface area contributed by atoms with E-state index in [4.69, 9.17) is 0 Å². The molecule has 2 aromatic rings. The average molecular weight is 596 g/mol. The molecule has 0 atom stereocenters. The minimum atomic E-state index is -4.60. The van der Waals surface area contributed by atoms with Gasteiger partial charge in [-0.3, -0.25) is 14.3 Å². The molecule has 1 aromatic heterocycles. The fraction of sp³-hybridized carbons (Fsp3) is 0.613. The molecule has 1 aromatic carbocycles. The van der Waals surface area contributed by atoms with Crippen LogP contribution in [-0.2, 0) is 17.5 Å². The number of nitrogens with zero attached hydrogens (tertiary/aromatic N) is 1. The highest BCUT2D eigenvalue weighted by atomic mass is 32.2. The van der Waals surface area contributed by atoms with E-state index in [0.29, 0.717) is 34.3 Å². The minimum absolute atomic E-state index is 0.0556. The van der Waals surface area contributed by atoms with Crippen molar-refractivity contribution < 1.29 is 27.9 Å². The molecule has 1 fully saturated rings. The molecule has 10 heteroatoms. The van der Waals surface area contributed by atoms with E-state index in [1.807, 2.05) is 25.3 Å². The lowest BCUT2D eigenvalue weighted by Gasteiger charge is -2.26. The highest BCUT2D eigenvalue weighted by Crippen LogP contribution is 2.43. The largest absolute Gasteiger partial charge is 0.481 e. The van der Waals surface area contributed by atoms with Gasteiger partial charge in [-0.25, -0.2) is 0 Å². The molecule has 1 saturated carbocycles. The van der Waals surface area contributed by atoms with Crippen LogP contribution in [-0.4, -0.2) is 33.6 Å². The molecule has 1 amide bonds. The van der Waals surface area contributed by atoms with Gasteiger partial charge in [0.15, 0.2) is 0 Å². The fourth-order valence-corrected chi connectivity index (χ4v) is 6.05. The molecule has 3 rings (SSSR count). The number of carbonyl (C=O) groups excluding carboxylic acids is 1. The van der Waals surface area contributed by atoms with E-state index in [1.165, 1.54) is 24.9 Å². The molecule has 41 heavy (non-hydrogen) atoms. The highest BCUT2D eigenvalue weighted by Gasteiger charge is 2.38. The maximum atomic E-state index is 14.7. The number of carbonyl (C=O) groups is 2. The van der Waals surface area contributed by atoms with Gasteiger partial charge in [0.2, 0.25) is 0 Å². The van der Waals surface area contributed by atoms with E-state index >= 15 is 0 Å². The molecule has 3 N–H and O–H groups in total. The number of carboxylic acid groups (broad SMARTS) is 1. The van der Waals surface area contributed by atoms with Crippen molar-refractivity contribution in [1.82, 2.24) is 14.6 Å². The molecule has 0 aliphatic heterocycles. The highest BCUT2D eigenvalue weighted by molar-refractivity contribution is 7.97. The maximum absolute atomic E-state index is 14.7. The Morgan fingerprint density at radius 1 is 1.05 bits per heavy atom. The first-order valence-electron chi connectivity index (χ1n) is 14.3. The summed E-state index contributed by atoms with van der Waals surface area (Å²) < 4.78 is 49.1. The molecule has 1 aliphatic rings. The molecule has 0 radical (unpaired) electrons. The van der Waals surface area contributed by atoms with Crippen molar-refractivity contribution in [3.8, 4) is 11.3 Å². The number of aliphatic carboxylic acids is 1. The van der Waals surface area contributed by atoms with Gasteiger partial charge in [-0.15, -0.1) is 0 Å². The molecular weight excluding hydrogens is 551 g/mol. The number of rotatable bonds is 10. The Morgan fingerprint density at radius 2 is 1.68 bits per heavy atom. The lowest BCUT2D eigenvalue weighted by molar-refractivity contribution is -0.147. The lowest BCUT2D eigenvalue weighted by Crippen LogP contribution is -2.32. The number of hydrogen-bond acceptors (Lipinski definition) is 4. The summed E-state index contributed by atoms with van der Waals surface area (Å²) in [6.07, 6.45) is 0.967. The summed E-state index contributed by atoms with van der Waals surface area (Å²) in [7, 11) is 0. The zero-order chi connectivity index (χ0) is 30.8. The van der Waals surface area contributed by atoms with E-state index in [-0.39, 0.29) is 29.6 Å². The van der Waals surface area contributed by atoms with Crippen molar-refractivity contribution in [2.45, 2.75) is 110 Å². The summed E-state index contributed by atoms with van der Waals surface area (Å²) in [6.45, 7) is 13.0. The number of carboxylic acids is 1. The summed E-state index contributed by atoms with van der Waals surface area (Å²) in [4.78, 5) is 25.2. The van der Waals surface area contributed by atoms with Crippen LogP contribution < -0.4 is 10.0 Å². The second kappa shape index (κ2) is 12.8.